The highest BCUT2D eigenvalue weighted by molar-refractivity contribution is 7.99. The fourth-order valence-corrected chi connectivity index (χ4v) is 4.03. The van der Waals surface area contributed by atoms with Crippen molar-refractivity contribution in [1.29, 1.82) is 0 Å². The first-order chi connectivity index (χ1) is 10.4. The molecule has 1 aliphatic heterocycles. The molecule has 0 saturated carbocycles. The molecule has 0 radical (unpaired) electrons. The summed E-state index contributed by atoms with van der Waals surface area (Å²) in [6, 6.07) is 21.7. The van der Waals surface area contributed by atoms with Crippen molar-refractivity contribution >= 4 is 11.8 Å². The molecule has 0 aliphatic carbocycles. The molecule has 1 aliphatic rings. The third kappa shape index (κ3) is 4.62. The zero-order valence-corrected chi connectivity index (χ0v) is 13.3. The van der Waals surface area contributed by atoms with Crippen molar-refractivity contribution in [2.24, 2.45) is 0 Å². The summed E-state index contributed by atoms with van der Waals surface area (Å²) in [6.45, 7) is 3.58. The molecule has 1 fully saturated rings. The van der Waals surface area contributed by atoms with Gasteiger partial charge in [0.1, 0.15) is 0 Å². The van der Waals surface area contributed by atoms with Crippen molar-refractivity contribution in [2.45, 2.75) is 30.4 Å². The third-order valence-electron chi connectivity index (χ3n) is 4.11. The molecule has 1 heterocycles. The van der Waals surface area contributed by atoms with Gasteiger partial charge in [0.2, 0.25) is 0 Å². The first kappa shape index (κ1) is 14.7. The van der Waals surface area contributed by atoms with Crippen molar-refractivity contribution in [2.75, 3.05) is 13.1 Å². The van der Waals surface area contributed by atoms with Gasteiger partial charge in [-0.05, 0) is 37.1 Å². The topological polar surface area (TPSA) is 3.24 Å². The molecule has 2 heteroatoms. The van der Waals surface area contributed by atoms with Crippen LogP contribution in [0.5, 0.6) is 0 Å². The molecule has 110 valence electrons. The first-order valence-corrected chi connectivity index (χ1v) is 8.87. The van der Waals surface area contributed by atoms with E-state index in [4.69, 9.17) is 0 Å². The summed E-state index contributed by atoms with van der Waals surface area (Å²) in [6.07, 6.45) is 2.65. The van der Waals surface area contributed by atoms with Crippen LogP contribution in [0.3, 0.4) is 0 Å². The summed E-state index contributed by atoms with van der Waals surface area (Å²) >= 11 is 2.13. The fraction of sp³-hybridized carbons (Fsp3) is 0.368. The van der Waals surface area contributed by atoms with E-state index in [1.54, 1.807) is 0 Å². The van der Waals surface area contributed by atoms with Gasteiger partial charge < -0.3 is 0 Å². The minimum atomic E-state index is 0.831. The zero-order valence-electron chi connectivity index (χ0n) is 12.4. The van der Waals surface area contributed by atoms with Gasteiger partial charge in [-0.1, -0.05) is 60.7 Å². The van der Waals surface area contributed by atoms with Crippen LogP contribution >= 0.6 is 11.8 Å². The van der Waals surface area contributed by atoms with Gasteiger partial charge in [0.25, 0.3) is 0 Å². The van der Waals surface area contributed by atoms with Crippen LogP contribution in [0.25, 0.3) is 0 Å². The van der Waals surface area contributed by atoms with E-state index in [0.717, 1.165) is 17.5 Å². The van der Waals surface area contributed by atoms with Crippen LogP contribution in [-0.4, -0.2) is 23.2 Å². The predicted molar refractivity (Wildman–Crippen MR) is 92.5 cm³/mol. The van der Waals surface area contributed by atoms with Crippen molar-refractivity contribution in [1.82, 2.24) is 4.90 Å². The molecular formula is C19H23NS. The number of nitrogens with zero attached hydrogens (tertiary/aromatic N) is 1. The van der Waals surface area contributed by atoms with E-state index in [2.05, 4.69) is 77.3 Å². The molecule has 3 rings (SSSR count). The fourth-order valence-electron chi connectivity index (χ4n) is 2.86. The summed E-state index contributed by atoms with van der Waals surface area (Å²) in [5, 5.41) is 0.831. The Kier molecular flexibility index (Phi) is 5.36. The van der Waals surface area contributed by atoms with E-state index in [-0.39, 0.29) is 0 Å². The highest BCUT2D eigenvalue weighted by Crippen LogP contribution is 2.27. The molecule has 1 saturated heterocycles. The number of hydrogen-bond acceptors (Lipinski definition) is 2. The first-order valence-electron chi connectivity index (χ1n) is 7.82. The standard InChI is InChI=1S/C19H23NS/c1-3-7-17(8-4-1)15-20-13-11-19(12-14-20)21-16-18-9-5-2-6-10-18/h1-10,19H,11-16H2. The summed E-state index contributed by atoms with van der Waals surface area (Å²) in [5.41, 5.74) is 2.89. The molecule has 0 unspecified atom stereocenters. The minimum absolute atomic E-state index is 0.831. The molecule has 0 bridgehead atoms. The quantitative estimate of drug-likeness (QED) is 0.794. The Bertz CT molecular complexity index is 518. The lowest BCUT2D eigenvalue weighted by molar-refractivity contribution is 0.225. The zero-order chi connectivity index (χ0) is 14.3. The Labute approximate surface area is 132 Å². The van der Waals surface area contributed by atoms with Crippen molar-refractivity contribution in [3.63, 3.8) is 0 Å². The van der Waals surface area contributed by atoms with E-state index < -0.39 is 0 Å². The summed E-state index contributed by atoms with van der Waals surface area (Å²) in [4.78, 5) is 2.59. The number of hydrogen-bond donors (Lipinski definition) is 0. The van der Waals surface area contributed by atoms with E-state index >= 15 is 0 Å². The second-order valence-electron chi connectivity index (χ2n) is 5.76. The predicted octanol–water partition coefficient (Wildman–Crippen LogP) is 4.58. The van der Waals surface area contributed by atoms with Gasteiger partial charge in [0.15, 0.2) is 0 Å². The molecule has 0 spiro atoms. The average molecular weight is 297 g/mol. The maximum Gasteiger partial charge on any atom is 0.0233 e. The van der Waals surface area contributed by atoms with Gasteiger partial charge in [-0.2, -0.15) is 11.8 Å². The lowest BCUT2D eigenvalue weighted by atomic mass is 10.1. The monoisotopic (exact) mass is 297 g/mol. The number of piperidine rings is 1. The van der Waals surface area contributed by atoms with E-state index in [1.807, 2.05) is 0 Å². The molecule has 0 amide bonds. The molecular weight excluding hydrogens is 274 g/mol. The molecule has 1 nitrogen and oxygen atoms in total. The molecule has 0 N–H and O–H groups in total. The second-order valence-corrected chi connectivity index (χ2v) is 7.05. The molecule has 0 atom stereocenters. The Morgan fingerprint density at radius 1 is 0.810 bits per heavy atom. The number of benzene rings is 2. The Morgan fingerprint density at radius 3 is 2.00 bits per heavy atom. The van der Waals surface area contributed by atoms with Crippen LogP contribution in [-0.2, 0) is 12.3 Å². The SMILES string of the molecule is c1ccc(CSC2CCN(Cc3ccccc3)CC2)cc1. The van der Waals surface area contributed by atoms with E-state index in [0.29, 0.717) is 0 Å². The van der Waals surface area contributed by atoms with E-state index in [9.17, 15) is 0 Å². The van der Waals surface area contributed by atoms with Crippen LogP contribution < -0.4 is 0 Å². The Balaban J connectivity index is 1.41. The normalized spacial score (nSPS) is 17.0. The number of rotatable bonds is 5. The highest BCUT2D eigenvalue weighted by Gasteiger charge is 2.19. The average Bonchev–Trinajstić information content (AvgIpc) is 2.56. The Hall–Kier alpha value is -1.25. The Morgan fingerprint density at radius 2 is 1.38 bits per heavy atom. The van der Waals surface area contributed by atoms with Crippen molar-refractivity contribution in [3.05, 3.63) is 71.8 Å². The maximum absolute atomic E-state index is 2.59. The number of thioether (sulfide) groups is 1. The molecule has 0 aromatic heterocycles. The van der Waals surface area contributed by atoms with Crippen LogP contribution in [0.2, 0.25) is 0 Å². The maximum atomic E-state index is 2.59. The second kappa shape index (κ2) is 7.67. The third-order valence-corrected chi connectivity index (χ3v) is 5.55. The molecule has 21 heavy (non-hydrogen) atoms. The molecule has 2 aromatic carbocycles. The van der Waals surface area contributed by atoms with Crippen LogP contribution in [0.1, 0.15) is 24.0 Å². The van der Waals surface area contributed by atoms with Gasteiger partial charge in [0.05, 0.1) is 0 Å². The minimum Gasteiger partial charge on any atom is -0.299 e. The lowest BCUT2D eigenvalue weighted by Gasteiger charge is -2.31. The van der Waals surface area contributed by atoms with Gasteiger partial charge in [-0.25, -0.2) is 0 Å². The van der Waals surface area contributed by atoms with Gasteiger partial charge >= 0.3 is 0 Å². The van der Waals surface area contributed by atoms with Gasteiger partial charge in [0, 0.05) is 17.5 Å². The van der Waals surface area contributed by atoms with Gasteiger partial charge in [-0.3, -0.25) is 4.90 Å². The largest absolute Gasteiger partial charge is 0.299 e. The van der Waals surface area contributed by atoms with Crippen LogP contribution in [0.4, 0.5) is 0 Å². The number of likely N-dealkylation sites (tertiary alicyclic amines) is 1. The van der Waals surface area contributed by atoms with Crippen molar-refractivity contribution in [3.8, 4) is 0 Å². The lowest BCUT2D eigenvalue weighted by Crippen LogP contribution is -2.34. The van der Waals surface area contributed by atoms with Crippen LogP contribution in [0.15, 0.2) is 60.7 Å². The highest BCUT2D eigenvalue weighted by atomic mass is 32.2. The van der Waals surface area contributed by atoms with Gasteiger partial charge in [-0.15, -0.1) is 0 Å². The van der Waals surface area contributed by atoms with Crippen LogP contribution in [0, 0.1) is 0 Å². The van der Waals surface area contributed by atoms with Crippen molar-refractivity contribution < 1.29 is 0 Å². The summed E-state index contributed by atoms with van der Waals surface area (Å²) in [5.74, 6) is 1.16. The molecule has 2 aromatic rings. The summed E-state index contributed by atoms with van der Waals surface area (Å²) in [7, 11) is 0. The van der Waals surface area contributed by atoms with E-state index in [1.165, 1.54) is 37.1 Å². The smallest absolute Gasteiger partial charge is 0.0233 e. The summed E-state index contributed by atoms with van der Waals surface area (Å²) < 4.78 is 0.